The van der Waals surface area contributed by atoms with Gasteiger partial charge in [0.25, 0.3) is 5.91 Å². The fraction of sp³-hybridized carbons (Fsp3) is 0.0417. The van der Waals surface area contributed by atoms with Crippen LogP contribution < -0.4 is 15.4 Å². The van der Waals surface area contributed by atoms with Gasteiger partial charge in [-0.25, -0.2) is 4.79 Å². The number of carboxylic acids is 1. The predicted octanol–water partition coefficient (Wildman–Crippen LogP) is 4.34. The van der Waals surface area contributed by atoms with Gasteiger partial charge in [0.15, 0.2) is 11.7 Å². The highest BCUT2D eigenvalue weighted by molar-refractivity contribution is 7.80. The number of carboxylic acid groups (broad SMARTS) is 1. The minimum atomic E-state index is -1.03. The van der Waals surface area contributed by atoms with E-state index in [2.05, 4.69) is 10.6 Å². The molecule has 0 aromatic heterocycles. The topological polar surface area (TPSA) is 87.7 Å². The number of aliphatic carboxylic acids is 1. The molecular formula is C24H20N2O4S. The van der Waals surface area contributed by atoms with Crippen LogP contribution in [0, 0.1) is 0 Å². The quantitative estimate of drug-likeness (QED) is 0.380. The molecule has 156 valence electrons. The van der Waals surface area contributed by atoms with Crippen LogP contribution in [0.3, 0.4) is 0 Å². The zero-order valence-electron chi connectivity index (χ0n) is 16.4. The molecule has 6 nitrogen and oxygen atoms in total. The highest BCUT2D eigenvalue weighted by atomic mass is 32.1. The van der Waals surface area contributed by atoms with Gasteiger partial charge in [-0.2, -0.15) is 0 Å². The maximum atomic E-state index is 12.1. The Kier molecular flexibility index (Phi) is 7.50. The van der Waals surface area contributed by atoms with Crippen LogP contribution in [-0.2, 0) is 9.59 Å². The summed E-state index contributed by atoms with van der Waals surface area (Å²) in [5, 5.41) is 14.3. The number of carbonyl (C=O) groups excluding carboxylic acids is 1. The zero-order valence-corrected chi connectivity index (χ0v) is 17.3. The molecule has 3 rings (SSSR count). The van der Waals surface area contributed by atoms with Crippen LogP contribution >= 0.6 is 12.2 Å². The van der Waals surface area contributed by atoms with E-state index < -0.39 is 11.9 Å². The molecule has 31 heavy (non-hydrogen) atoms. The molecule has 0 aliphatic rings. The number of hydrogen-bond donors (Lipinski definition) is 3. The van der Waals surface area contributed by atoms with Crippen molar-refractivity contribution in [1.82, 2.24) is 5.32 Å². The fourth-order valence-electron chi connectivity index (χ4n) is 2.74. The van der Waals surface area contributed by atoms with E-state index in [-0.39, 0.29) is 11.7 Å². The van der Waals surface area contributed by atoms with Gasteiger partial charge in [0.2, 0.25) is 0 Å². The average Bonchev–Trinajstić information content (AvgIpc) is 2.77. The van der Waals surface area contributed by atoms with E-state index in [0.717, 1.165) is 17.2 Å². The Bertz CT molecular complexity index is 1100. The number of nitrogens with one attached hydrogen (secondary N) is 2. The second kappa shape index (κ2) is 10.7. The molecule has 7 heteroatoms. The van der Waals surface area contributed by atoms with Gasteiger partial charge in [-0.15, -0.1) is 0 Å². The molecule has 0 fully saturated rings. The van der Waals surface area contributed by atoms with E-state index in [4.69, 9.17) is 22.1 Å². The molecule has 0 bridgehead atoms. The van der Waals surface area contributed by atoms with Crippen molar-refractivity contribution >= 4 is 41.0 Å². The van der Waals surface area contributed by atoms with Crippen LogP contribution in [0.2, 0.25) is 0 Å². The molecule has 0 spiro atoms. The minimum absolute atomic E-state index is 0.118. The smallest absolute Gasteiger partial charge is 0.328 e. The number of amides is 1. The van der Waals surface area contributed by atoms with Crippen molar-refractivity contribution in [1.29, 1.82) is 0 Å². The lowest BCUT2D eigenvalue weighted by Crippen LogP contribution is -2.37. The largest absolute Gasteiger partial charge is 0.484 e. The number of rotatable bonds is 7. The molecule has 3 aromatic rings. The predicted molar refractivity (Wildman–Crippen MR) is 125 cm³/mol. The van der Waals surface area contributed by atoms with Gasteiger partial charge in [0, 0.05) is 11.8 Å². The highest BCUT2D eigenvalue weighted by Gasteiger charge is 2.07. The van der Waals surface area contributed by atoms with Crippen molar-refractivity contribution in [3.63, 3.8) is 0 Å². The van der Waals surface area contributed by atoms with Crippen molar-refractivity contribution in [2.45, 2.75) is 0 Å². The van der Waals surface area contributed by atoms with Crippen LogP contribution in [-0.4, -0.2) is 28.7 Å². The van der Waals surface area contributed by atoms with Gasteiger partial charge in [-0.3, -0.25) is 10.1 Å². The molecule has 0 radical (unpaired) electrons. The third-order valence-corrected chi connectivity index (χ3v) is 4.35. The van der Waals surface area contributed by atoms with Gasteiger partial charge >= 0.3 is 5.97 Å². The molecule has 3 N–H and O–H groups in total. The Balaban J connectivity index is 1.48. The van der Waals surface area contributed by atoms with Crippen molar-refractivity contribution in [3.8, 4) is 16.9 Å². The van der Waals surface area contributed by atoms with Gasteiger partial charge in [-0.1, -0.05) is 54.6 Å². The number of hydrogen-bond acceptors (Lipinski definition) is 4. The molecule has 0 unspecified atom stereocenters. The molecule has 0 aliphatic heterocycles. The molecule has 0 atom stereocenters. The second-order valence-corrected chi connectivity index (χ2v) is 6.89. The maximum absolute atomic E-state index is 12.1. The lowest BCUT2D eigenvalue weighted by atomic mass is 10.1. The summed E-state index contributed by atoms with van der Waals surface area (Å²) in [6.07, 6.45) is 2.51. The van der Waals surface area contributed by atoms with E-state index in [1.54, 1.807) is 24.3 Å². The number of ether oxygens (including phenoxy) is 1. The first-order valence-electron chi connectivity index (χ1n) is 9.40. The summed E-state index contributed by atoms with van der Waals surface area (Å²) in [5.41, 5.74) is 3.47. The summed E-state index contributed by atoms with van der Waals surface area (Å²) in [6.45, 7) is -0.187. The van der Waals surface area contributed by atoms with E-state index in [0.29, 0.717) is 17.0 Å². The molecule has 0 saturated heterocycles. The lowest BCUT2D eigenvalue weighted by molar-refractivity contribution is -0.131. The van der Waals surface area contributed by atoms with Crippen molar-refractivity contribution < 1.29 is 19.4 Å². The van der Waals surface area contributed by atoms with Crippen LogP contribution in [0.15, 0.2) is 84.9 Å². The summed E-state index contributed by atoms with van der Waals surface area (Å²) >= 11 is 5.15. The summed E-state index contributed by atoms with van der Waals surface area (Å²) in [4.78, 5) is 22.7. The SMILES string of the molecule is O=C(O)/C=C/c1cccc(NC(=S)NC(=O)COc2ccc(-c3ccccc3)cc2)c1. The Morgan fingerprint density at radius 3 is 2.35 bits per heavy atom. The normalized spacial score (nSPS) is 10.5. The van der Waals surface area contributed by atoms with Crippen molar-refractivity contribution in [2.75, 3.05) is 11.9 Å². The molecule has 0 heterocycles. The van der Waals surface area contributed by atoms with Gasteiger partial charge in [-0.05, 0) is 59.2 Å². The molecular weight excluding hydrogens is 412 g/mol. The first-order chi connectivity index (χ1) is 15.0. The van der Waals surface area contributed by atoms with Crippen LogP contribution in [0.5, 0.6) is 5.75 Å². The maximum Gasteiger partial charge on any atom is 0.328 e. The van der Waals surface area contributed by atoms with E-state index in [9.17, 15) is 9.59 Å². The molecule has 3 aromatic carbocycles. The first kappa shape index (κ1) is 21.7. The van der Waals surface area contributed by atoms with Gasteiger partial charge < -0.3 is 15.2 Å². The van der Waals surface area contributed by atoms with Gasteiger partial charge in [0.1, 0.15) is 5.75 Å². The summed E-state index contributed by atoms with van der Waals surface area (Å²) < 4.78 is 5.52. The summed E-state index contributed by atoms with van der Waals surface area (Å²) in [6, 6.07) is 24.4. The van der Waals surface area contributed by atoms with Crippen molar-refractivity contribution in [3.05, 3.63) is 90.5 Å². The Morgan fingerprint density at radius 2 is 1.65 bits per heavy atom. The number of anilines is 1. The number of benzene rings is 3. The van der Waals surface area contributed by atoms with E-state index >= 15 is 0 Å². The molecule has 0 saturated carbocycles. The van der Waals surface area contributed by atoms with Crippen LogP contribution in [0.25, 0.3) is 17.2 Å². The summed E-state index contributed by atoms with van der Waals surface area (Å²) in [5.74, 6) is -0.853. The lowest BCUT2D eigenvalue weighted by Gasteiger charge is -2.11. The van der Waals surface area contributed by atoms with Crippen molar-refractivity contribution in [2.24, 2.45) is 0 Å². The minimum Gasteiger partial charge on any atom is -0.484 e. The van der Waals surface area contributed by atoms with Crippen LogP contribution in [0.4, 0.5) is 5.69 Å². The Labute approximate surface area is 185 Å². The number of thiocarbonyl (C=S) groups is 1. The van der Waals surface area contributed by atoms with Crippen LogP contribution in [0.1, 0.15) is 5.56 Å². The molecule has 1 amide bonds. The average molecular weight is 433 g/mol. The third-order valence-electron chi connectivity index (χ3n) is 4.15. The standard InChI is InChI=1S/C24H20N2O4S/c27-22(16-30-21-12-10-19(11-13-21)18-6-2-1-3-7-18)26-24(31)25-20-8-4-5-17(15-20)9-14-23(28)29/h1-15H,16H2,(H,28,29)(H2,25,26,27,31)/b14-9+. The summed E-state index contributed by atoms with van der Waals surface area (Å²) in [7, 11) is 0. The van der Waals surface area contributed by atoms with E-state index in [1.165, 1.54) is 6.08 Å². The Morgan fingerprint density at radius 1 is 0.935 bits per heavy atom. The first-order valence-corrected chi connectivity index (χ1v) is 9.80. The fourth-order valence-corrected chi connectivity index (χ4v) is 2.97. The van der Waals surface area contributed by atoms with E-state index in [1.807, 2.05) is 54.6 Å². The monoisotopic (exact) mass is 432 g/mol. The van der Waals surface area contributed by atoms with Gasteiger partial charge in [0.05, 0.1) is 0 Å². The second-order valence-electron chi connectivity index (χ2n) is 6.48. The molecule has 0 aliphatic carbocycles. The highest BCUT2D eigenvalue weighted by Crippen LogP contribution is 2.22. The zero-order chi connectivity index (χ0) is 22.1. The number of carbonyl (C=O) groups is 2. The Hall–Kier alpha value is -3.97. The third kappa shape index (κ3) is 7.09.